The summed E-state index contributed by atoms with van der Waals surface area (Å²) in [6, 6.07) is -0.692. The van der Waals surface area contributed by atoms with Crippen LogP contribution in [0.15, 0.2) is 0 Å². The molecule has 13 heavy (non-hydrogen) atoms. The van der Waals surface area contributed by atoms with Crippen molar-refractivity contribution in [3.63, 3.8) is 0 Å². The molecule has 1 aliphatic heterocycles. The molecule has 1 fully saturated rings. The van der Waals surface area contributed by atoms with E-state index in [9.17, 15) is 4.79 Å². The lowest BCUT2D eigenvalue weighted by Gasteiger charge is -2.08. The highest BCUT2D eigenvalue weighted by Crippen LogP contribution is 2.19. The summed E-state index contributed by atoms with van der Waals surface area (Å²) < 4.78 is 5.21. The Morgan fingerprint density at radius 2 is 2.46 bits per heavy atom. The molecule has 0 bridgehead atoms. The minimum atomic E-state index is -0.900. The molecule has 0 spiro atoms. The molecule has 4 heteroatoms. The summed E-state index contributed by atoms with van der Waals surface area (Å²) in [5.74, 6) is -0.274. The number of carboxylic acid groups (broad SMARTS) is 1. The van der Waals surface area contributed by atoms with E-state index in [-0.39, 0.29) is 0 Å². The number of carbonyl (C=O) groups is 1. The van der Waals surface area contributed by atoms with E-state index < -0.39 is 12.0 Å². The molecule has 0 aliphatic carbocycles. The lowest BCUT2D eigenvalue weighted by atomic mass is 9.99. The summed E-state index contributed by atoms with van der Waals surface area (Å²) in [5.41, 5.74) is 5.37. The highest BCUT2D eigenvalue weighted by Gasteiger charge is 2.16. The van der Waals surface area contributed by atoms with Crippen molar-refractivity contribution in [3.05, 3.63) is 0 Å². The van der Waals surface area contributed by atoms with Crippen LogP contribution < -0.4 is 5.73 Å². The second kappa shape index (κ2) is 5.19. The van der Waals surface area contributed by atoms with E-state index in [2.05, 4.69) is 0 Å². The van der Waals surface area contributed by atoms with Crippen molar-refractivity contribution in [2.24, 2.45) is 11.7 Å². The molecular formula is C9H17NO3. The lowest BCUT2D eigenvalue weighted by Crippen LogP contribution is -2.29. The van der Waals surface area contributed by atoms with Crippen LogP contribution >= 0.6 is 0 Å². The summed E-state index contributed by atoms with van der Waals surface area (Å²) in [7, 11) is 0. The molecule has 3 N–H and O–H groups in total. The van der Waals surface area contributed by atoms with Gasteiger partial charge in [0.05, 0.1) is 0 Å². The summed E-state index contributed by atoms with van der Waals surface area (Å²) in [6.07, 6.45) is 3.62. The number of ether oxygens (including phenoxy) is 1. The zero-order valence-corrected chi connectivity index (χ0v) is 7.74. The Kier molecular flexibility index (Phi) is 4.18. The third-order valence-corrected chi connectivity index (χ3v) is 2.47. The van der Waals surface area contributed by atoms with Gasteiger partial charge in [-0.05, 0) is 25.2 Å². The fourth-order valence-corrected chi connectivity index (χ4v) is 1.56. The third kappa shape index (κ3) is 3.74. The van der Waals surface area contributed by atoms with Crippen LogP contribution in [0.4, 0.5) is 0 Å². The van der Waals surface area contributed by atoms with E-state index in [4.69, 9.17) is 15.6 Å². The molecule has 0 saturated carbocycles. The van der Waals surface area contributed by atoms with Crippen molar-refractivity contribution in [2.45, 2.75) is 31.7 Å². The first-order valence-corrected chi connectivity index (χ1v) is 4.76. The van der Waals surface area contributed by atoms with E-state index in [1.807, 2.05) is 0 Å². The molecule has 2 atom stereocenters. The maximum Gasteiger partial charge on any atom is 0.320 e. The molecule has 0 amide bonds. The third-order valence-electron chi connectivity index (χ3n) is 2.47. The second-order valence-electron chi connectivity index (χ2n) is 3.61. The first-order chi connectivity index (χ1) is 6.20. The quantitative estimate of drug-likeness (QED) is 0.661. The Balaban J connectivity index is 2.02. The SMILES string of the molecule is NC(CCCC1CCOC1)C(=O)O. The highest BCUT2D eigenvalue weighted by molar-refractivity contribution is 5.72. The minimum absolute atomic E-state index is 0.575. The van der Waals surface area contributed by atoms with Crippen molar-refractivity contribution in [1.29, 1.82) is 0 Å². The van der Waals surface area contributed by atoms with E-state index in [1.165, 1.54) is 0 Å². The average Bonchev–Trinajstić information content (AvgIpc) is 2.56. The van der Waals surface area contributed by atoms with Crippen LogP contribution in [0.2, 0.25) is 0 Å². The molecule has 2 unspecified atom stereocenters. The molecule has 1 aliphatic rings. The number of rotatable bonds is 5. The number of hydrogen-bond acceptors (Lipinski definition) is 3. The summed E-state index contributed by atoms with van der Waals surface area (Å²) in [4.78, 5) is 10.4. The van der Waals surface area contributed by atoms with Gasteiger partial charge in [-0.3, -0.25) is 4.79 Å². The molecule has 0 radical (unpaired) electrons. The van der Waals surface area contributed by atoms with E-state index in [0.717, 1.165) is 32.5 Å². The first-order valence-electron chi connectivity index (χ1n) is 4.76. The van der Waals surface area contributed by atoms with Crippen molar-refractivity contribution >= 4 is 5.97 Å². The Morgan fingerprint density at radius 1 is 1.69 bits per heavy atom. The average molecular weight is 187 g/mol. The maximum atomic E-state index is 10.4. The van der Waals surface area contributed by atoms with Crippen molar-refractivity contribution in [1.82, 2.24) is 0 Å². The smallest absolute Gasteiger partial charge is 0.320 e. The molecule has 1 heterocycles. The van der Waals surface area contributed by atoms with Gasteiger partial charge in [-0.15, -0.1) is 0 Å². The molecule has 0 aromatic rings. The fraction of sp³-hybridized carbons (Fsp3) is 0.889. The monoisotopic (exact) mass is 187 g/mol. The van der Waals surface area contributed by atoms with Crippen LogP contribution in [0, 0.1) is 5.92 Å². The molecule has 1 rings (SSSR count). The van der Waals surface area contributed by atoms with Crippen LogP contribution in [0.25, 0.3) is 0 Å². The van der Waals surface area contributed by atoms with Gasteiger partial charge < -0.3 is 15.6 Å². The van der Waals surface area contributed by atoms with Crippen LogP contribution in [0.3, 0.4) is 0 Å². The van der Waals surface area contributed by atoms with Gasteiger partial charge in [0.1, 0.15) is 6.04 Å². The number of aliphatic carboxylic acids is 1. The maximum absolute atomic E-state index is 10.4. The Labute approximate surface area is 78.1 Å². The van der Waals surface area contributed by atoms with Gasteiger partial charge in [0.25, 0.3) is 0 Å². The van der Waals surface area contributed by atoms with Crippen LogP contribution in [-0.4, -0.2) is 30.3 Å². The predicted octanol–water partition coefficient (Wildman–Crippen LogP) is 0.605. The zero-order valence-electron chi connectivity index (χ0n) is 7.74. The van der Waals surface area contributed by atoms with Crippen molar-refractivity contribution < 1.29 is 14.6 Å². The van der Waals surface area contributed by atoms with Gasteiger partial charge in [0.2, 0.25) is 0 Å². The van der Waals surface area contributed by atoms with Gasteiger partial charge >= 0.3 is 5.97 Å². The Bertz CT molecular complexity index is 166. The minimum Gasteiger partial charge on any atom is -0.480 e. The molecule has 0 aromatic heterocycles. The van der Waals surface area contributed by atoms with Crippen LogP contribution in [0.5, 0.6) is 0 Å². The molecular weight excluding hydrogens is 170 g/mol. The van der Waals surface area contributed by atoms with E-state index in [1.54, 1.807) is 0 Å². The summed E-state index contributed by atoms with van der Waals surface area (Å²) in [5, 5.41) is 8.52. The first kappa shape index (κ1) is 10.5. The Morgan fingerprint density at radius 3 is 3.00 bits per heavy atom. The molecule has 76 valence electrons. The summed E-state index contributed by atoms with van der Waals surface area (Å²) in [6.45, 7) is 1.69. The van der Waals surface area contributed by atoms with Gasteiger partial charge in [-0.2, -0.15) is 0 Å². The normalized spacial score (nSPS) is 24.5. The lowest BCUT2D eigenvalue weighted by molar-refractivity contribution is -0.138. The number of nitrogens with two attached hydrogens (primary N) is 1. The van der Waals surface area contributed by atoms with Crippen LogP contribution in [0.1, 0.15) is 25.7 Å². The van der Waals surface area contributed by atoms with E-state index >= 15 is 0 Å². The topological polar surface area (TPSA) is 72.5 Å². The molecule has 4 nitrogen and oxygen atoms in total. The molecule has 1 saturated heterocycles. The Hall–Kier alpha value is -0.610. The van der Waals surface area contributed by atoms with Gasteiger partial charge in [-0.25, -0.2) is 0 Å². The number of hydrogen-bond donors (Lipinski definition) is 2. The van der Waals surface area contributed by atoms with Gasteiger partial charge in [0.15, 0.2) is 0 Å². The predicted molar refractivity (Wildman–Crippen MR) is 48.4 cm³/mol. The number of carboxylic acids is 1. The van der Waals surface area contributed by atoms with Crippen molar-refractivity contribution in [2.75, 3.05) is 13.2 Å². The summed E-state index contributed by atoms with van der Waals surface area (Å²) >= 11 is 0. The highest BCUT2D eigenvalue weighted by atomic mass is 16.5. The fourth-order valence-electron chi connectivity index (χ4n) is 1.56. The standard InChI is InChI=1S/C9H17NO3/c10-8(9(11)12)3-1-2-7-4-5-13-6-7/h7-8H,1-6,10H2,(H,11,12). The largest absolute Gasteiger partial charge is 0.480 e. The zero-order chi connectivity index (χ0) is 9.68. The van der Waals surface area contributed by atoms with Gasteiger partial charge in [-0.1, -0.05) is 6.42 Å². The van der Waals surface area contributed by atoms with Crippen LogP contribution in [-0.2, 0) is 9.53 Å². The van der Waals surface area contributed by atoms with Crippen molar-refractivity contribution in [3.8, 4) is 0 Å². The van der Waals surface area contributed by atoms with Gasteiger partial charge in [0, 0.05) is 13.2 Å². The van der Waals surface area contributed by atoms with E-state index in [0.29, 0.717) is 12.3 Å². The molecule has 0 aromatic carbocycles. The second-order valence-corrected chi connectivity index (χ2v) is 3.61.